The lowest BCUT2D eigenvalue weighted by atomic mass is 10.1. The molecule has 30 heavy (non-hydrogen) atoms. The van der Waals surface area contributed by atoms with Gasteiger partial charge in [-0.1, -0.05) is 32.0 Å². The molecule has 0 unspecified atom stereocenters. The number of nitrogens with zero attached hydrogens (tertiary/aromatic N) is 4. The number of fused-ring (bicyclic) bond motifs is 3. The lowest BCUT2D eigenvalue weighted by Crippen LogP contribution is -2.29. The SMILES string of the molecule is Cc1cccc(C)c1NC(=O)Cn1nc2n(CC(C)C)c(=O)c3sccc3n2c1=O. The summed E-state index contributed by atoms with van der Waals surface area (Å²) in [4.78, 5) is 38.7. The number of carbonyl (C=O) groups excluding carboxylic acids is 1. The number of rotatable bonds is 5. The van der Waals surface area contributed by atoms with E-state index in [0.717, 1.165) is 21.5 Å². The molecular weight excluding hydrogens is 402 g/mol. The predicted molar refractivity (Wildman–Crippen MR) is 118 cm³/mol. The summed E-state index contributed by atoms with van der Waals surface area (Å²) in [5.41, 5.74) is 2.52. The molecule has 1 N–H and O–H groups in total. The van der Waals surface area contributed by atoms with Crippen molar-refractivity contribution in [2.75, 3.05) is 5.32 Å². The van der Waals surface area contributed by atoms with Crippen LogP contribution in [0.3, 0.4) is 0 Å². The standard InChI is InChI=1S/C21H23N5O3S/c1-12(2)10-24-19(28)18-15(8-9-30-18)26-20(24)23-25(21(26)29)11-16(27)22-17-13(3)6-5-7-14(17)4/h5-9,12H,10-11H2,1-4H3,(H,22,27). The van der Waals surface area contributed by atoms with Crippen molar-refractivity contribution in [3.63, 3.8) is 0 Å². The first-order chi connectivity index (χ1) is 14.3. The summed E-state index contributed by atoms with van der Waals surface area (Å²) < 4.78 is 4.56. The molecule has 0 saturated carbocycles. The Balaban J connectivity index is 1.79. The van der Waals surface area contributed by atoms with Gasteiger partial charge in [0.15, 0.2) is 0 Å². The highest BCUT2D eigenvalue weighted by Gasteiger charge is 2.20. The zero-order valence-electron chi connectivity index (χ0n) is 17.3. The van der Waals surface area contributed by atoms with Crippen LogP contribution < -0.4 is 16.6 Å². The van der Waals surface area contributed by atoms with E-state index >= 15 is 0 Å². The summed E-state index contributed by atoms with van der Waals surface area (Å²) in [5, 5.41) is 9.01. The predicted octanol–water partition coefficient (Wildman–Crippen LogP) is 2.78. The average Bonchev–Trinajstić information content (AvgIpc) is 3.27. The molecule has 0 radical (unpaired) electrons. The Labute approximate surface area is 176 Å². The molecule has 0 aliphatic rings. The second kappa shape index (κ2) is 7.56. The smallest absolute Gasteiger partial charge is 0.324 e. The van der Waals surface area contributed by atoms with E-state index in [-0.39, 0.29) is 29.7 Å². The Morgan fingerprint density at radius 3 is 2.53 bits per heavy atom. The summed E-state index contributed by atoms with van der Waals surface area (Å²) in [6.07, 6.45) is 0. The van der Waals surface area contributed by atoms with Crippen molar-refractivity contribution in [1.82, 2.24) is 18.7 Å². The minimum Gasteiger partial charge on any atom is -0.324 e. The van der Waals surface area contributed by atoms with Crippen LogP contribution in [-0.4, -0.2) is 24.7 Å². The average molecular weight is 426 g/mol. The quantitative estimate of drug-likeness (QED) is 0.532. The van der Waals surface area contributed by atoms with E-state index in [1.165, 1.54) is 20.3 Å². The van der Waals surface area contributed by atoms with Crippen LogP contribution in [0.15, 0.2) is 39.2 Å². The van der Waals surface area contributed by atoms with Crippen molar-refractivity contribution in [2.45, 2.75) is 40.8 Å². The number of benzene rings is 1. The van der Waals surface area contributed by atoms with Gasteiger partial charge >= 0.3 is 5.69 Å². The van der Waals surface area contributed by atoms with E-state index in [4.69, 9.17) is 0 Å². The van der Waals surface area contributed by atoms with Gasteiger partial charge in [0.05, 0.1) is 5.52 Å². The first-order valence-electron chi connectivity index (χ1n) is 9.73. The summed E-state index contributed by atoms with van der Waals surface area (Å²) in [5.74, 6) is 0.0955. The molecule has 0 aliphatic carbocycles. The third kappa shape index (κ3) is 3.35. The maximum absolute atomic E-state index is 13.1. The fourth-order valence-corrected chi connectivity index (χ4v) is 4.42. The van der Waals surface area contributed by atoms with Gasteiger partial charge in [-0.25, -0.2) is 13.9 Å². The third-order valence-electron chi connectivity index (χ3n) is 4.98. The molecule has 4 aromatic rings. The zero-order chi connectivity index (χ0) is 21.6. The van der Waals surface area contributed by atoms with Crippen molar-refractivity contribution < 1.29 is 4.79 Å². The molecule has 8 nitrogen and oxygen atoms in total. The van der Waals surface area contributed by atoms with Crippen molar-refractivity contribution in [3.8, 4) is 0 Å². The highest BCUT2D eigenvalue weighted by Crippen LogP contribution is 2.20. The number of amides is 1. The van der Waals surface area contributed by atoms with Gasteiger partial charge in [-0.3, -0.25) is 14.2 Å². The number of thiophene rings is 1. The molecule has 0 saturated heterocycles. The molecule has 156 valence electrons. The molecule has 3 heterocycles. The molecule has 1 aromatic carbocycles. The summed E-state index contributed by atoms with van der Waals surface area (Å²) in [6, 6.07) is 7.49. The van der Waals surface area contributed by atoms with Gasteiger partial charge < -0.3 is 5.32 Å². The lowest BCUT2D eigenvalue weighted by Gasteiger charge is -2.11. The van der Waals surface area contributed by atoms with Gasteiger partial charge in [-0.05, 0) is 42.3 Å². The number of aromatic nitrogens is 4. The normalized spacial score (nSPS) is 11.6. The lowest BCUT2D eigenvalue weighted by molar-refractivity contribution is -0.117. The largest absolute Gasteiger partial charge is 0.352 e. The molecule has 0 bridgehead atoms. The van der Waals surface area contributed by atoms with Crippen molar-refractivity contribution in [1.29, 1.82) is 0 Å². The minimum atomic E-state index is -0.442. The van der Waals surface area contributed by atoms with Gasteiger partial charge in [0.1, 0.15) is 11.2 Å². The molecule has 0 fully saturated rings. The topological polar surface area (TPSA) is 90.4 Å². The number of nitrogens with one attached hydrogen (secondary N) is 1. The van der Waals surface area contributed by atoms with Crippen molar-refractivity contribution in [2.24, 2.45) is 5.92 Å². The second-order valence-corrected chi connectivity index (χ2v) is 8.75. The van der Waals surface area contributed by atoms with E-state index in [9.17, 15) is 14.4 Å². The van der Waals surface area contributed by atoms with Crippen LogP contribution in [-0.2, 0) is 17.9 Å². The van der Waals surface area contributed by atoms with E-state index in [1.54, 1.807) is 11.4 Å². The molecule has 4 rings (SSSR count). The van der Waals surface area contributed by atoms with Gasteiger partial charge in [-0.15, -0.1) is 16.4 Å². The van der Waals surface area contributed by atoms with Crippen LogP contribution in [0.4, 0.5) is 5.69 Å². The Hall–Kier alpha value is -3.20. The highest BCUT2D eigenvalue weighted by molar-refractivity contribution is 7.17. The number of hydrogen-bond donors (Lipinski definition) is 1. The molecule has 3 aromatic heterocycles. The minimum absolute atomic E-state index is 0.168. The Morgan fingerprint density at radius 2 is 1.87 bits per heavy atom. The van der Waals surface area contributed by atoms with Crippen LogP contribution in [0.25, 0.3) is 16.0 Å². The Morgan fingerprint density at radius 1 is 1.17 bits per heavy atom. The third-order valence-corrected chi connectivity index (χ3v) is 5.87. The van der Waals surface area contributed by atoms with Gasteiger partial charge in [0.2, 0.25) is 11.7 Å². The van der Waals surface area contributed by atoms with E-state index in [0.29, 0.717) is 16.8 Å². The molecule has 0 spiro atoms. The first-order valence-corrected chi connectivity index (χ1v) is 10.6. The maximum atomic E-state index is 13.1. The number of hydrogen-bond acceptors (Lipinski definition) is 5. The second-order valence-electron chi connectivity index (χ2n) is 7.84. The monoisotopic (exact) mass is 425 g/mol. The molecule has 1 amide bonds. The summed E-state index contributed by atoms with van der Waals surface area (Å²) in [6.45, 7) is 8.01. The Kier molecular flexibility index (Phi) is 5.07. The van der Waals surface area contributed by atoms with E-state index in [1.807, 2.05) is 45.9 Å². The van der Waals surface area contributed by atoms with Gasteiger partial charge in [-0.2, -0.15) is 0 Å². The molecular formula is C21H23N5O3S. The number of aryl methyl sites for hydroxylation is 2. The van der Waals surface area contributed by atoms with Crippen LogP contribution >= 0.6 is 11.3 Å². The maximum Gasteiger partial charge on any atom is 0.352 e. The van der Waals surface area contributed by atoms with Crippen LogP contribution in [0.2, 0.25) is 0 Å². The number of para-hydroxylation sites is 1. The van der Waals surface area contributed by atoms with Gasteiger partial charge in [0, 0.05) is 12.2 Å². The van der Waals surface area contributed by atoms with Crippen LogP contribution in [0.5, 0.6) is 0 Å². The first kappa shape index (κ1) is 20.1. The summed E-state index contributed by atoms with van der Waals surface area (Å²) >= 11 is 1.30. The van der Waals surface area contributed by atoms with E-state index < -0.39 is 5.69 Å². The van der Waals surface area contributed by atoms with Crippen molar-refractivity contribution >= 4 is 38.9 Å². The summed E-state index contributed by atoms with van der Waals surface area (Å²) in [7, 11) is 0. The fourth-order valence-electron chi connectivity index (χ4n) is 3.59. The van der Waals surface area contributed by atoms with Crippen LogP contribution in [0.1, 0.15) is 25.0 Å². The zero-order valence-corrected chi connectivity index (χ0v) is 18.1. The van der Waals surface area contributed by atoms with Gasteiger partial charge in [0.25, 0.3) is 5.56 Å². The van der Waals surface area contributed by atoms with Crippen molar-refractivity contribution in [3.05, 3.63) is 61.6 Å². The van der Waals surface area contributed by atoms with E-state index in [2.05, 4.69) is 10.4 Å². The fraction of sp³-hybridized carbons (Fsp3) is 0.333. The molecule has 9 heteroatoms. The molecule has 0 aliphatic heterocycles. The number of carbonyl (C=O) groups is 1. The Bertz CT molecular complexity index is 1370. The highest BCUT2D eigenvalue weighted by atomic mass is 32.1. The molecule has 0 atom stereocenters. The number of anilines is 1. The van der Waals surface area contributed by atoms with Crippen LogP contribution in [0, 0.1) is 19.8 Å².